The molecule has 2 rings (SSSR count). The molecule has 0 fully saturated rings. The Hall–Kier alpha value is -1.42. The van der Waals surface area contributed by atoms with Crippen LogP contribution in [0, 0.1) is 0 Å². The zero-order chi connectivity index (χ0) is 12.3. The van der Waals surface area contributed by atoms with Crippen molar-refractivity contribution in [2.24, 2.45) is 0 Å². The summed E-state index contributed by atoms with van der Waals surface area (Å²) in [7, 11) is 0. The van der Waals surface area contributed by atoms with Crippen LogP contribution in [0.2, 0.25) is 0 Å². The molecule has 0 radical (unpaired) electrons. The van der Waals surface area contributed by atoms with E-state index in [0.29, 0.717) is 5.25 Å². The number of nitrogens with two attached hydrogens (primary N) is 1. The highest BCUT2D eigenvalue weighted by Crippen LogP contribution is 2.23. The number of hydrogen-bond acceptors (Lipinski definition) is 4. The van der Waals surface area contributed by atoms with Crippen LogP contribution in [0.15, 0.2) is 30.5 Å². The zero-order valence-electron chi connectivity index (χ0n) is 10.1. The van der Waals surface area contributed by atoms with Crippen molar-refractivity contribution in [1.29, 1.82) is 0 Å². The summed E-state index contributed by atoms with van der Waals surface area (Å²) < 4.78 is 0. The van der Waals surface area contributed by atoms with E-state index in [1.165, 1.54) is 0 Å². The molecular formula is C13H17N3S. The molecule has 17 heavy (non-hydrogen) atoms. The first-order chi connectivity index (χ1) is 8.20. The van der Waals surface area contributed by atoms with Crippen LogP contribution in [0.3, 0.4) is 0 Å². The van der Waals surface area contributed by atoms with Gasteiger partial charge in [0, 0.05) is 34.8 Å². The van der Waals surface area contributed by atoms with Crippen LogP contribution in [0.1, 0.15) is 6.92 Å². The summed E-state index contributed by atoms with van der Waals surface area (Å²) in [6, 6.07) is 7.83. The first-order valence-electron chi connectivity index (χ1n) is 5.61. The Kier molecular flexibility index (Phi) is 3.74. The Morgan fingerprint density at radius 2 is 2.24 bits per heavy atom. The van der Waals surface area contributed by atoms with Gasteiger partial charge in [-0.25, -0.2) is 0 Å². The monoisotopic (exact) mass is 247 g/mol. The minimum atomic E-state index is 0.590. The summed E-state index contributed by atoms with van der Waals surface area (Å²) in [5.74, 6) is 0. The lowest BCUT2D eigenvalue weighted by molar-refractivity contribution is 1.00. The van der Waals surface area contributed by atoms with Crippen molar-refractivity contribution >= 4 is 34.0 Å². The second kappa shape index (κ2) is 5.27. The molecule has 0 amide bonds. The van der Waals surface area contributed by atoms with Gasteiger partial charge in [-0.3, -0.25) is 4.98 Å². The largest absolute Gasteiger partial charge is 0.399 e. The Morgan fingerprint density at radius 3 is 3.00 bits per heavy atom. The van der Waals surface area contributed by atoms with Gasteiger partial charge in [0.1, 0.15) is 0 Å². The van der Waals surface area contributed by atoms with Crippen molar-refractivity contribution < 1.29 is 0 Å². The molecule has 3 nitrogen and oxygen atoms in total. The smallest absolute Gasteiger partial charge is 0.0743 e. The first kappa shape index (κ1) is 12.0. The number of aromatic nitrogens is 1. The Labute approximate surface area is 106 Å². The van der Waals surface area contributed by atoms with Crippen LogP contribution >= 0.6 is 11.8 Å². The molecular weight excluding hydrogens is 230 g/mol. The standard InChI is InChI=1S/C13H17N3S/c1-9(17-2)8-16-12-5-6-15-13-7-10(14)3-4-11(12)13/h3-7,9H,8,14H2,1-2H3,(H,15,16). The van der Waals surface area contributed by atoms with Crippen LogP contribution < -0.4 is 11.1 Å². The van der Waals surface area contributed by atoms with Gasteiger partial charge in [0.15, 0.2) is 0 Å². The Balaban J connectivity index is 2.28. The number of hydrogen-bond donors (Lipinski definition) is 2. The van der Waals surface area contributed by atoms with Gasteiger partial charge in [-0.1, -0.05) is 6.92 Å². The van der Waals surface area contributed by atoms with Crippen LogP contribution in [0.25, 0.3) is 10.9 Å². The fourth-order valence-electron chi connectivity index (χ4n) is 1.66. The molecule has 4 heteroatoms. The summed E-state index contributed by atoms with van der Waals surface area (Å²) in [5.41, 5.74) is 8.56. The number of nitrogen functional groups attached to an aromatic ring is 1. The van der Waals surface area contributed by atoms with Crippen LogP contribution in [-0.4, -0.2) is 23.0 Å². The summed E-state index contributed by atoms with van der Waals surface area (Å²) in [6.45, 7) is 3.16. The van der Waals surface area contributed by atoms with Crippen LogP contribution in [-0.2, 0) is 0 Å². The van der Waals surface area contributed by atoms with E-state index in [2.05, 4.69) is 23.5 Å². The van der Waals surface area contributed by atoms with E-state index in [0.717, 1.165) is 28.8 Å². The van der Waals surface area contributed by atoms with Gasteiger partial charge in [0.05, 0.1) is 5.52 Å². The third kappa shape index (κ3) is 2.82. The molecule has 0 saturated heterocycles. The van der Waals surface area contributed by atoms with Gasteiger partial charge in [0.25, 0.3) is 0 Å². The average Bonchev–Trinajstić information content (AvgIpc) is 2.35. The van der Waals surface area contributed by atoms with Crippen molar-refractivity contribution in [2.45, 2.75) is 12.2 Å². The minimum Gasteiger partial charge on any atom is -0.399 e. The Bertz CT molecular complexity index is 513. The fourth-order valence-corrected chi connectivity index (χ4v) is 1.91. The fraction of sp³-hybridized carbons (Fsp3) is 0.308. The second-order valence-electron chi connectivity index (χ2n) is 4.06. The van der Waals surface area contributed by atoms with Crippen LogP contribution in [0.5, 0.6) is 0 Å². The van der Waals surface area contributed by atoms with Gasteiger partial charge in [-0.05, 0) is 30.5 Å². The van der Waals surface area contributed by atoms with E-state index in [-0.39, 0.29) is 0 Å². The van der Waals surface area contributed by atoms with Gasteiger partial charge >= 0.3 is 0 Å². The zero-order valence-corrected chi connectivity index (χ0v) is 10.9. The molecule has 1 atom stereocenters. The van der Waals surface area contributed by atoms with Gasteiger partial charge < -0.3 is 11.1 Å². The van der Waals surface area contributed by atoms with Crippen molar-refractivity contribution in [3.05, 3.63) is 30.5 Å². The number of benzene rings is 1. The average molecular weight is 247 g/mol. The predicted molar refractivity (Wildman–Crippen MR) is 77.6 cm³/mol. The highest BCUT2D eigenvalue weighted by molar-refractivity contribution is 7.99. The molecule has 2 aromatic rings. The Morgan fingerprint density at radius 1 is 1.41 bits per heavy atom. The van der Waals surface area contributed by atoms with Crippen molar-refractivity contribution in [3.63, 3.8) is 0 Å². The molecule has 0 spiro atoms. The maximum atomic E-state index is 5.75. The quantitative estimate of drug-likeness (QED) is 0.816. The van der Waals surface area contributed by atoms with Gasteiger partial charge in [-0.15, -0.1) is 0 Å². The third-order valence-electron chi connectivity index (χ3n) is 2.75. The molecule has 1 aromatic heterocycles. The second-order valence-corrected chi connectivity index (χ2v) is 5.34. The first-order valence-corrected chi connectivity index (χ1v) is 6.90. The predicted octanol–water partition coefficient (Wildman–Crippen LogP) is 2.98. The number of pyridine rings is 1. The molecule has 1 unspecified atom stereocenters. The lowest BCUT2D eigenvalue weighted by atomic mass is 10.1. The van der Waals surface area contributed by atoms with E-state index >= 15 is 0 Å². The number of nitrogens with zero attached hydrogens (tertiary/aromatic N) is 1. The highest BCUT2D eigenvalue weighted by Gasteiger charge is 2.04. The normalized spacial score (nSPS) is 12.6. The number of nitrogens with one attached hydrogen (secondary N) is 1. The molecule has 1 heterocycles. The summed E-state index contributed by atoms with van der Waals surface area (Å²) in [5, 5.41) is 5.17. The third-order valence-corrected chi connectivity index (χ3v) is 3.72. The summed E-state index contributed by atoms with van der Waals surface area (Å²) >= 11 is 1.85. The van der Waals surface area contributed by atoms with E-state index in [1.807, 2.05) is 42.2 Å². The summed E-state index contributed by atoms with van der Waals surface area (Å²) in [6.07, 6.45) is 3.94. The molecule has 0 bridgehead atoms. The lowest BCUT2D eigenvalue weighted by Gasteiger charge is -2.13. The minimum absolute atomic E-state index is 0.590. The number of anilines is 2. The van der Waals surface area contributed by atoms with Gasteiger partial charge in [-0.2, -0.15) is 11.8 Å². The van der Waals surface area contributed by atoms with Gasteiger partial charge in [0.2, 0.25) is 0 Å². The lowest BCUT2D eigenvalue weighted by Crippen LogP contribution is -2.12. The molecule has 0 aliphatic heterocycles. The molecule has 0 saturated carbocycles. The van der Waals surface area contributed by atoms with Crippen molar-refractivity contribution in [1.82, 2.24) is 4.98 Å². The van der Waals surface area contributed by atoms with E-state index < -0.39 is 0 Å². The molecule has 3 N–H and O–H groups in total. The SMILES string of the molecule is CSC(C)CNc1ccnc2cc(N)ccc12. The molecule has 0 aliphatic rings. The van der Waals surface area contributed by atoms with E-state index in [9.17, 15) is 0 Å². The topological polar surface area (TPSA) is 50.9 Å². The number of thioether (sulfide) groups is 1. The van der Waals surface area contributed by atoms with E-state index in [1.54, 1.807) is 0 Å². The maximum Gasteiger partial charge on any atom is 0.0743 e. The molecule has 90 valence electrons. The number of fused-ring (bicyclic) bond motifs is 1. The molecule has 0 aliphatic carbocycles. The molecule has 1 aromatic carbocycles. The van der Waals surface area contributed by atoms with Crippen molar-refractivity contribution in [2.75, 3.05) is 23.9 Å². The number of rotatable bonds is 4. The van der Waals surface area contributed by atoms with Crippen molar-refractivity contribution in [3.8, 4) is 0 Å². The maximum absolute atomic E-state index is 5.75. The van der Waals surface area contributed by atoms with Crippen LogP contribution in [0.4, 0.5) is 11.4 Å². The highest BCUT2D eigenvalue weighted by atomic mass is 32.2. The van der Waals surface area contributed by atoms with E-state index in [4.69, 9.17) is 5.73 Å². The summed E-state index contributed by atoms with van der Waals surface area (Å²) in [4.78, 5) is 4.32.